The number of nitrogens with zero attached hydrogens (tertiary/aromatic N) is 1. The Labute approximate surface area is 226 Å². The predicted octanol–water partition coefficient (Wildman–Crippen LogP) is 2.82. The lowest BCUT2D eigenvalue weighted by atomic mass is 9.89. The van der Waals surface area contributed by atoms with Gasteiger partial charge in [0.15, 0.2) is 5.96 Å². The standard InChI is InChI=1S/C29H32FN5O4/c30-23-15-13-20(14-16-23)19-35(24(12-7-17-33-29(31)32)27(38)34-18-25(36)37)28(39)26(21-8-3-1-4-9-21)22-10-5-2-6-11-22/h1-6,8-11,13-16,24,26H,7,12,17-19H2,(H,34,38)(H,36,37)(H4,31,32,33)/t24-/m1/s1. The molecule has 0 aliphatic carbocycles. The minimum atomic E-state index is -1.22. The Hall–Kier alpha value is -4.73. The van der Waals surface area contributed by atoms with E-state index in [-0.39, 0.29) is 31.4 Å². The third-order valence-corrected chi connectivity index (χ3v) is 6.12. The molecule has 6 N–H and O–H groups in total. The van der Waals surface area contributed by atoms with Crippen molar-refractivity contribution in [3.05, 3.63) is 107 Å². The Morgan fingerprint density at radius 3 is 1.97 bits per heavy atom. The zero-order valence-electron chi connectivity index (χ0n) is 21.3. The maximum Gasteiger partial charge on any atom is 0.322 e. The maximum absolute atomic E-state index is 14.4. The zero-order valence-corrected chi connectivity index (χ0v) is 21.3. The molecule has 9 nitrogen and oxygen atoms in total. The lowest BCUT2D eigenvalue weighted by Crippen LogP contribution is -2.51. The van der Waals surface area contributed by atoms with Gasteiger partial charge in [-0.05, 0) is 41.7 Å². The first kappa shape index (κ1) is 28.8. The molecular weight excluding hydrogens is 501 g/mol. The molecule has 3 aromatic rings. The topological polar surface area (TPSA) is 149 Å². The van der Waals surface area contributed by atoms with Gasteiger partial charge in [-0.3, -0.25) is 19.8 Å². The highest BCUT2D eigenvalue weighted by molar-refractivity contribution is 5.93. The number of carboxylic acids is 1. The van der Waals surface area contributed by atoms with Gasteiger partial charge in [0, 0.05) is 13.1 Å². The molecule has 2 amide bonds. The van der Waals surface area contributed by atoms with Crippen molar-refractivity contribution in [3.63, 3.8) is 0 Å². The average Bonchev–Trinajstić information content (AvgIpc) is 2.93. The molecule has 0 aliphatic rings. The molecule has 0 radical (unpaired) electrons. The number of hydrogen-bond donors (Lipinski definition) is 5. The van der Waals surface area contributed by atoms with Crippen LogP contribution in [0.1, 0.15) is 35.4 Å². The summed E-state index contributed by atoms with van der Waals surface area (Å²) in [6.45, 7) is -0.349. The molecule has 1 atom stereocenters. The van der Waals surface area contributed by atoms with E-state index in [1.165, 1.54) is 17.0 Å². The van der Waals surface area contributed by atoms with E-state index < -0.39 is 36.2 Å². The first-order chi connectivity index (χ1) is 18.8. The van der Waals surface area contributed by atoms with Gasteiger partial charge in [-0.2, -0.15) is 0 Å². The van der Waals surface area contributed by atoms with Gasteiger partial charge in [0.25, 0.3) is 0 Å². The minimum Gasteiger partial charge on any atom is -0.480 e. The van der Waals surface area contributed by atoms with Crippen molar-refractivity contribution >= 4 is 23.7 Å². The summed E-state index contributed by atoms with van der Waals surface area (Å²) in [5.74, 6) is -3.63. The summed E-state index contributed by atoms with van der Waals surface area (Å²) in [4.78, 5) is 40.4. The van der Waals surface area contributed by atoms with E-state index in [9.17, 15) is 18.8 Å². The summed E-state index contributed by atoms with van der Waals surface area (Å²) in [5.41, 5.74) is 7.42. The smallest absolute Gasteiger partial charge is 0.322 e. The summed E-state index contributed by atoms with van der Waals surface area (Å²) in [5, 5.41) is 21.6. The molecule has 0 bridgehead atoms. The van der Waals surface area contributed by atoms with Crippen molar-refractivity contribution in [2.24, 2.45) is 5.73 Å². The van der Waals surface area contributed by atoms with Gasteiger partial charge in [-0.15, -0.1) is 0 Å². The van der Waals surface area contributed by atoms with Gasteiger partial charge in [0.1, 0.15) is 18.4 Å². The fraction of sp³-hybridized carbons (Fsp3) is 0.241. The van der Waals surface area contributed by atoms with E-state index in [0.29, 0.717) is 12.0 Å². The molecule has 0 heterocycles. The summed E-state index contributed by atoms with van der Waals surface area (Å²) in [6.07, 6.45) is 0.522. The Morgan fingerprint density at radius 2 is 1.46 bits per heavy atom. The molecule has 0 fully saturated rings. The van der Waals surface area contributed by atoms with Gasteiger partial charge in [0.2, 0.25) is 11.8 Å². The second-order valence-electron chi connectivity index (χ2n) is 8.96. The maximum atomic E-state index is 14.4. The second-order valence-corrected chi connectivity index (χ2v) is 8.96. The van der Waals surface area contributed by atoms with Crippen LogP contribution in [0.3, 0.4) is 0 Å². The molecule has 39 heavy (non-hydrogen) atoms. The minimum absolute atomic E-state index is 0.0133. The molecule has 3 rings (SSSR count). The average molecular weight is 534 g/mol. The number of carbonyl (C=O) groups is 3. The lowest BCUT2D eigenvalue weighted by molar-refractivity contribution is -0.143. The fourth-order valence-corrected chi connectivity index (χ4v) is 4.29. The summed E-state index contributed by atoms with van der Waals surface area (Å²) < 4.78 is 13.7. The number of aliphatic carboxylic acids is 1. The van der Waals surface area contributed by atoms with Gasteiger partial charge in [0.05, 0.1) is 5.92 Å². The summed E-state index contributed by atoms with van der Waals surface area (Å²) in [6, 6.07) is 22.9. The van der Waals surface area contributed by atoms with Crippen LogP contribution in [0.5, 0.6) is 0 Å². The van der Waals surface area contributed by atoms with Crippen molar-refractivity contribution in [2.45, 2.75) is 31.3 Å². The Balaban J connectivity index is 2.05. The van der Waals surface area contributed by atoms with Crippen LogP contribution < -0.4 is 16.4 Å². The van der Waals surface area contributed by atoms with E-state index in [1.807, 2.05) is 60.7 Å². The number of amides is 2. The number of benzene rings is 3. The largest absolute Gasteiger partial charge is 0.480 e. The van der Waals surface area contributed by atoms with E-state index in [1.54, 1.807) is 12.1 Å². The van der Waals surface area contributed by atoms with Crippen molar-refractivity contribution < 1.29 is 23.9 Å². The molecule has 204 valence electrons. The van der Waals surface area contributed by atoms with Gasteiger partial charge in [-0.25, -0.2) is 4.39 Å². The van der Waals surface area contributed by atoms with Crippen LogP contribution in [0.4, 0.5) is 4.39 Å². The van der Waals surface area contributed by atoms with E-state index in [4.69, 9.17) is 16.2 Å². The van der Waals surface area contributed by atoms with Crippen molar-refractivity contribution in [1.82, 2.24) is 15.5 Å². The number of nitrogens with one attached hydrogen (secondary N) is 3. The van der Waals surface area contributed by atoms with E-state index in [2.05, 4.69) is 10.6 Å². The molecular formula is C29H32FN5O4. The molecule has 0 aliphatic heterocycles. The third-order valence-electron chi connectivity index (χ3n) is 6.12. The monoisotopic (exact) mass is 533 g/mol. The quantitative estimate of drug-likeness (QED) is 0.130. The van der Waals surface area contributed by atoms with Crippen LogP contribution in [0, 0.1) is 11.2 Å². The Kier molecular flexibility index (Phi) is 10.6. The molecule has 10 heteroatoms. The number of nitrogens with two attached hydrogens (primary N) is 1. The van der Waals surface area contributed by atoms with Crippen LogP contribution in [0.2, 0.25) is 0 Å². The molecule has 0 aromatic heterocycles. The van der Waals surface area contributed by atoms with Gasteiger partial charge >= 0.3 is 5.97 Å². The molecule has 0 saturated carbocycles. The number of carboxylic acid groups (broad SMARTS) is 1. The van der Waals surface area contributed by atoms with Crippen LogP contribution in [-0.4, -0.2) is 52.9 Å². The van der Waals surface area contributed by atoms with E-state index in [0.717, 1.165) is 11.1 Å². The lowest BCUT2D eigenvalue weighted by Gasteiger charge is -2.34. The summed E-state index contributed by atoms with van der Waals surface area (Å²) in [7, 11) is 0. The van der Waals surface area contributed by atoms with Crippen molar-refractivity contribution in [3.8, 4) is 0 Å². The number of hydrogen-bond acceptors (Lipinski definition) is 4. The number of halogens is 1. The number of guanidine groups is 1. The van der Waals surface area contributed by atoms with E-state index >= 15 is 0 Å². The van der Waals surface area contributed by atoms with Crippen molar-refractivity contribution in [2.75, 3.05) is 13.1 Å². The molecule has 0 saturated heterocycles. The van der Waals surface area contributed by atoms with Gasteiger partial charge < -0.3 is 26.4 Å². The first-order valence-electron chi connectivity index (χ1n) is 12.5. The van der Waals surface area contributed by atoms with Gasteiger partial charge in [-0.1, -0.05) is 72.8 Å². The van der Waals surface area contributed by atoms with Crippen LogP contribution >= 0.6 is 0 Å². The number of carbonyl (C=O) groups excluding carboxylic acids is 2. The zero-order chi connectivity index (χ0) is 28.2. The first-order valence-corrected chi connectivity index (χ1v) is 12.5. The van der Waals surface area contributed by atoms with Crippen LogP contribution in [-0.2, 0) is 20.9 Å². The fourth-order valence-electron chi connectivity index (χ4n) is 4.29. The Bertz CT molecular complexity index is 1220. The highest BCUT2D eigenvalue weighted by Gasteiger charge is 2.35. The summed E-state index contributed by atoms with van der Waals surface area (Å²) >= 11 is 0. The third kappa shape index (κ3) is 8.67. The normalized spacial score (nSPS) is 11.4. The number of rotatable bonds is 13. The Morgan fingerprint density at radius 1 is 0.897 bits per heavy atom. The molecule has 0 unspecified atom stereocenters. The van der Waals surface area contributed by atoms with Crippen LogP contribution in [0.15, 0.2) is 84.9 Å². The van der Waals surface area contributed by atoms with Crippen LogP contribution in [0.25, 0.3) is 0 Å². The highest BCUT2D eigenvalue weighted by atomic mass is 19.1. The SMILES string of the molecule is N=C(N)NCCC[C@H](C(=O)NCC(=O)O)N(Cc1ccc(F)cc1)C(=O)C(c1ccccc1)c1ccccc1. The molecule has 3 aromatic carbocycles. The second kappa shape index (κ2) is 14.3. The van der Waals surface area contributed by atoms with Crippen molar-refractivity contribution in [1.29, 1.82) is 5.41 Å². The predicted molar refractivity (Wildman–Crippen MR) is 145 cm³/mol. The molecule has 0 spiro atoms. The highest BCUT2D eigenvalue weighted by Crippen LogP contribution is 2.29.